The maximum absolute atomic E-state index is 15.2. The van der Waals surface area contributed by atoms with Gasteiger partial charge in [0.1, 0.15) is 18.5 Å². The first-order valence-electron chi connectivity index (χ1n) is 13.5. The molecule has 2 heterocycles. The highest BCUT2D eigenvalue weighted by molar-refractivity contribution is 5.94. The zero-order valence-electron chi connectivity index (χ0n) is 24.0. The first kappa shape index (κ1) is 31.5. The summed E-state index contributed by atoms with van der Waals surface area (Å²) < 4.78 is 62.2. The number of carbonyl (C=O) groups excluding carboxylic acids is 1. The highest BCUT2D eigenvalue weighted by Crippen LogP contribution is 2.32. The van der Waals surface area contributed by atoms with Gasteiger partial charge in [-0.2, -0.15) is 13.2 Å². The number of amides is 1. The molecule has 2 atom stereocenters. The van der Waals surface area contributed by atoms with Gasteiger partial charge in [0.05, 0.1) is 48.7 Å². The minimum Gasteiger partial charge on any atom is -0.495 e. The molecule has 0 bridgehead atoms. The van der Waals surface area contributed by atoms with Crippen LogP contribution in [0.1, 0.15) is 22.5 Å². The molecule has 0 radical (unpaired) electrons. The first-order chi connectivity index (χ1) is 20.4. The molecule has 1 amide bonds. The minimum atomic E-state index is -4.51. The molecule has 0 saturated carbocycles. The van der Waals surface area contributed by atoms with E-state index in [1.807, 2.05) is 0 Å². The third-order valence-electron chi connectivity index (χ3n) is 7.14. The number of alkyl halides is 4. The second kappa shape index (κ2) is 13.2. The van der Waals surface area contributed by atoms with Crippen LogP contribution in [0.15, 0.2) is 42.5 Å². The Labute approximate surface area is 246 Å². The summed E-state index contributed by atoms with van der Waals surface area (Å²) in [5, 5.41) is 15.8. The number of hydrogen-bond donors (Lipinski definition) is 3. The Hall–Kier alpha value is -4.44. The van der Waals surface area contributed by atoms with E-state index in [2.05, 4.69) is 22.5 Å². The molecule has 13 heteroatoms. The lowest BCUT2D eigenvalue weighted by Gasteiger charge is -2.35. The summed E-state index contributed by atoms with van der Waals surface area (Å²) in [6, 6.07) is 10.1. The van der Waals surface area contributed by atoms with E-state index < -0.39 is 30.9 Å². The van der Waals surface area contributed by atoms with E-state index in [0.29, 0.717) is 35.2 Å². The summed E-state index contributed by atoms with van der Waals surface area (Å²) in [4.78, 5) is 26.4. The summed E-state index contributed by atoms with van der Waals surface area (Å²) in [6.07, 6.45) is -5.39. The molecular weight excluding hydrogens is 570 g/mol. The fraction of sp³-hybridized carbons (Fsp3) is 0.400. The number of hydrogen-bond acceptors (Lipinski definition) is 6. The van der Waals surface area contributed by atoms with Gasteiger partial charge in [0, 0.05) is 38.3 Å². The van der Waals surface area contributed by atoms with Gasteiger partial charge in [-0.05, 0) is 48.7 Å². The third-order valence-corrected chi connectivity index (χ3v) is 7.14. The predicted octanol–water partition coefficient (Wildman–Crippen LogP) is 4.29. The van der Waals surface area contributed by atoms with Gasteiger partial charge in [0.15, 0.2) is 0 Å². The fourth-order valence-corrected chi connectivity index (χ4v) is 4.91. The summed E-state index contributed by atoms with van der Waals surface area (Å²) >= 11 is 0. The van der Waals surface area contributed by atoms with Gasteiger partial charge in [-0.25, -0.2) is 9.18 Å². The number of aromatic carboxylic acids is 1. The topological polar surface area (TPSA) is 99.1 Å². The number of likely N-dealkylation sites (tertiary alicyclic amines) is 1. The molecule has 9 nitrogen and oxygen atoms in total. The molecule has 1 aromatic heterocycles. The molecule has 3 aromatic rings. The Morgan fingerprint density at radius 2 is 1.93 bits per heavy atom. The predicted molar refractivity (Wildman–Crippen MR) is 155 cm³/mol. The molecule has 43 heavy (non-hydrogen) atoms. The van der Waals surface area contributed by atoms with Crippen molar-refractivity contribution in [1.29, 1.82) is 0 Å². The Kier molecular flexibility index (Phi) is 9.70. The number of methoxy groups -OCH3 is 1. The van der Waals surface area contributed by atoms with Crippen LogP contribution in [0.2, 0.25) is 0 Å². The molecule has 1 aliphatic heterocycles. The van der Waals surface area contributed by atoms with E-state index in [-0.39, 0.29) is 42.5 Å². The lowest BCUT2D eigenvalue weighted by atomic mass is 10.0. The first-order valence-corrected chi connectivity index (χ1v) is 13.5. The van der Waals surface area contributed by atoms with Crippen molar-refractivity contribution < 1.29 is 37.0 Å². The van der Waals surface area contributed by atoms with Crippen LogP contribution in [-0.2, 0) is 11.3 Å². The van der Waals surface area contributed by atoms with Crippen molar-refractivity contribution in [2.75, 3.05) is 58.0 Å². The zero-order valence-corrected chi connectivity index (χ0v) is 24.0. The number of ether oxygens (including phenoxy) is 1. The van der Waals surface area contributed by atoms with Crippen LogP contribution in [0.4, 0.5) is 28.9 Å². The molecule has 1 fully saturated rings. The van der Waals surface area contributed by atoms with Crippen molar-refractivity contribution in [2.45, 2.75) is 31.4 Å². The van der Waals surface area contributed by atoms with Crippen molar-refractivity contribution in [3.05, 3.63) is 53.7 Å². The lowest BCUT2D eigenvalue weighted by Crippen LogP contribution is -2.50. The van der Waals surface area contributed by atoms with Gasteiger partial charge in [0.2, 0.25) is 5.91 Å². The van der Waals surface area contributed by atoms with Gasteiger partial charge in [-0.3, -0.25) is 9.69 Å². The quantitative estimate of drug-likeness (QED) is 0.248. The molecule has 2 aromatic carbocycles. The number of halogens is 4. The standard InChI is InChI=1S/C30H33F4N5O4/c1-37(2)28(40)17-38-13-11-24(22(31)16-38)36-23-7-4-8-26-21(23)15-20(39(26)18-30(32,33)34)6-5-12-35-25-10-9-19(29(41)42)14-27(25)43-3/h4,7-10,14-15,22,24,35-36H,11-13,16-18H2,1-3H3,(H,41,42)/t22-,24+/m0/s1. The number of anilines is 2. The van der Waals surface area contributed by atoms with Crippen LogP contribution in [0.5, 0.6) is 5.75 Å². The Balaban J connectivity index is 1.54. The molecule has 230 valence electrons. The molecule has 1 saturated heterocycles. The van der Waals surface area contributed by atoms with E-state index in [1.165, 1.54) is 30.2 Å². The van der Waals surface area contributed by atoms with Gasteiger partial charge >= 0.3 is 12.1 Å². The van der Waals surface area contributed by atoms with Crippen LogP contribution in [-0.4, -0.2) is 97.1 Å². The Morgan fingerprint density at radius 3 is 2.58 bits per heavy atom. The molecule has 4 rings (SSSR count). The van der Waals surface area contributed by atoms with Crippen molar-refractivity contribution in [3.63, 3.8) is 0 Å². The van der Waals surface area contributed by atoms with Crippen molar-refractivity contribution in [3.8, 4) is 17.6 Å². The number of carbonyl (C=O) groups is 2. The van der Waals surface area contributed by atoms with Crippen molar-refractivity contribution >= 4 is 34.2 Å². The highest BCUT2D eigenvalue weighted by Gasteiger charge is 2.32. The number of fused-ring (bicyclic) bond motifs is 1. The average molecular weight is 604 g/mol. The fourth-order valence-electron chi connectivity index (χ4n) is 4.91. The second-order valence-electron chi connectivity index (χ2n) is 10.4. The normalized spacial score (nSPS) is 17.2. The van der Waals surface area contributed by atoms with Gasteiger partial charge in [-0.15, -0.1) is 0 Å². The smallest absolute Gasteiger partial charge is 0.406 e. The van der Waals surface area contributed by atoms with Crippen LogP contribution in [0.25, 0.3) is 10.9 Å². The summed E-state index contributed by atoms with van der Waals surface area (Å²) in [5.74, 6) is 4.68. The molecule has 0 unspecified atom stereocenters. The lowest BCUT2D eigenvalue weighted by molar-refractivity contribution is -0.140. The molecule has 3 N–H and O–H groups in total. The maximum Gasteiger partial charge on any atom is 0.406 e. The average Bonchev–Trinajstić information content (AvgIpc) is 3.28. The van der Waals surface area contributed by atoms with E-state index in [9.17, 15) is 22.8 Å². The van der Waals surface area contributed by atoms with Crippen LogP contribution in [0.3, 0.4) is 0 Å². The van der Waals surface area contributed by atoms with Gasteiger partial charge in [0.25, 0.3) is 0 Å². The zero-order chi connectivity index (χ0) is 31.3. The van der Waals surface area contributed by atoms with Crippen LogP contribution >= 0.6 is 0 Å². The third kappa shape index (κ3) is 7.90. The highest BCUT2D eigenvalue weighted by atomic mass is 19.4. The number of nitrogens with zero attached hydrogens (tertiary/aromatic N) is 3. The second-order valence-corrected chi connectivity index (χ2v) is 10.4. The minimum absolute atomic E-state index is 0.0404. The summed E-state index contributed by atoms with van der Waals surface area (Å²) in [7, 11) is 4.67. The van der Waals surface area contributed by atoms with Gasteiger partial charge < -0.3 is 29.9 Å². The molecule has 0 spiro atoms. The van der Waals surface area contributed by atoms with E-state index >= 15 is 4.39 Å². The number of nitrogens with one attached hydrogen (secondary N) is 2. The monoisotopic (exact) mass is 603 g/mol. The van der Waals surface area contributed by atoms with Crippen LogP contribution in [0, 0.1) is 11.8 Å². The van der Waals surface area contributed by atoms with E-state index in [0.717, 1.165) is 4.57 Å². The maximum atomic E-state index is 15.2. The molecular formula is C30H33F4N5O4. The Morgan fingerprint density at radius 1 is 1.16 bits per heavy atom. The summed E-state index contributed by atoms with van der Waals surface area (Å²) in [5.41, 5.74) is 1.44. The van der Waals surface area contributed by atoms with Crippen molar-refractivity contribution in [1.82, 2.24) is 14.4 Å². The number of rotatable bonds is 9. The Bertz CT molecular complexity index is 1540. The van der Waals surface area contributed by atoms with Crippen LogP contribution < -0.4 is 15.4 Å². The number of likely N-dealkylation sites (N-methyl/N-ethyl adjacent to an activating group) is 1. The number of carboxylic acids is 1. The number of benzene rings is 2. The van der Waals surface area contributed by atoms with Crippen molar-refractivity contribution in [2.24, 2.45) is 0 Å². The summed E-state index contributed by atoms with van der Waals surface area (Å²) in [6.45, 7) is -0.536. The number of carboxylic acid groups (broad SMARTS) is 1. The van der Waals surface area contributed by atoms with E-state index in [1.54, 1.807) is 43.3 Å². The number of aromatic nitrogens is 1. The largest absolute Gasteiger partial charge is 0.495 e. The van der Waals surface area contributed by atoms with Gasteiger partial charge in [-0.1, -0.05) is 12.0 Å². The SMILES string of the molecule is COc1cc(C(=O)O)ccc1NCC#Cc1cc2c(N[C@@H]3CCN(CC(=O)N(C)C)C[C@@H]3F)cccc2n1CC(F)(F)F. The number of piperidine rings is 1. The molecule has 1 aliphatic rings. The van der Waals surface area contributed by atoms with E-state index in [4.69, 9.17) is 9.84 Å². The molecule has 0 aliphatic carbocycles.